The molecule has 1 aliphatic rings. The van der Waals surface area contributed by atoms with Crippen LogP contribution in [-0.2, 0) is 6.54 Å². The molecule has 1 fully saturated rings. The number of carbonyl (C=O) groups is 2. The molecule has 1 aliphatic heterocycles. The van der Waals surface area contributed by atoms with Gasteiger partial charge in [-0.15, -0.1) is 0 Å². The molecule has 3 aromatic rings. The Morgan fingerprint density at radius 2 is 2.23 bits per heavy atom. The maximum Gasteiger partial charge on any atom is 0.317 e. The molecule has 8 nitrogen and oxygen atoms in total. The predicted molar refractivity (Wildman–Crippen MR) is 113 cm³/mol. The molecule has 2 N–H and O–H groups in total. The molecule has 0 aliphatic carbocycles. The number of likely N-dealkylation sites (tertiary alicyclic amines) is 1. The number of nitrogens with one attached hydrogen (secondary N) is 2. The van der Waals surface area contributed by atoms with Crippen molar-refractivity contribution in [3.8, 4) is 0 Å². The van der Waals surface area contributed by atoms with E-state index in [1.54, 1.807) is 23.8 Å². The quantitative estimate of drug-likeness (QED) is 0.662. The average Bonchev–Trinajstić information content (AvgIpc) is 3.36. The average molecular weight is 430 g/mol. The molecule has 9 heteroatoms. The minimum Gasteiger partial charge on any atom is -0.438 e. The Bertz CT molecular complexity index is 1080. The molecule has 3 heterocycles. The maximum absolute atomic E-state index is 12.7. The Labute approximate surface area is 179 Å². The number of hydrogen-bond acceptors (Lipinski definition) is 4. The third-order valence-electron chi connectivity index (χ3n) is 5.56. The molecule has 1 aromatic carbocycles. The number of oxazole rings is 1. The van der Waals surface area contributed by atoms with Crippen LogP contribution in [0.15, 0.2) is 35.1 Å². The van der Waals surface area contributed by atoms with Crippen molar-refractivity contribution in [2.75, 3.05) is 20.1 Å². The van der Waals surface area contributed by atoms with E-state index in [1.807, 2.05) is 24.3 Å². The van der Waals surface area contributed by atoms with Crippen molar-refractivity contribution in [1.29, 1.82) is 0 Å². The second kappa shape index (κ2) is 8.39. The van der Waals surface area contributed by atoms with Crippen molar-refractivity contribution >= 4 is 34.4 Å². The molecule has 0 unspecified atom stereocenters. The monoisotopic (exact) mass is 429 g/mol. The van der Waals surface area contributed by atoms with Crippen LogP contribution < -0.4 is 5.32 Å². The highest BCUT2D eigenvalue weighted by atomic mass is 35.5. The fourth-order valence-electron chi connectivity index (χ4n) is 3.83. The third kappa shape index (κ3) is 4.14. The van der Waals surface area contributed by atoms with E-state index in [0.717, 1.165) is 29.4 Å². The molecule has 2 aromatic heterocycles. The summed E-state index contributed by atoms with van der Waals surface area (Å²) < 4.78 is 5.24. The molecule has 1 saturated heterocycles. The second-order valence-corrected chi connectivity index (χ2v) is 8.05. The Kier molecular flexibility index (Phi) is 5.67. The second-order valence-electron chi connectivity index (χ2n) is 7.61. The van der Waals surface area contributed by atoms with Crippen molar-refractivity contribution in [1.82, 2.24) is 25.1 Å². The van der Waals surface area contributed by atoms with Crippen LogP contribution >= 0.6 is 11.6 Å². The van der Waals surface area contributed by atoms with E-state index < -0.39 is 0 Å². The number of fused-ring (bicyclic) bond motifs is 1. The zero-order valence-electron chi connectivity index (χ0n) is 16.9. The summed E-state index contributed by atoms with van der Waals surface area (Å²) in [5.41, 5.74) is 2.45. The van der Waals surface area contributed by atoms with E-state index >= 15 is 0 Å². The molecule has 0 bridgehead atoms. The Hall–Kier alpha value is -3.00. The van der Waals surface area contributed by atoms with Gasteiger partial charge >= 0.3 is 6.03 Å². The van der Waals surface area contributed by atoms with Crippen LogP contribution in [0, 0.1) is 6.92 Å². The predicted octanol–water partition coefficient (Wildman–Crippen LogP) is 3.56. The highest BCUT2D eigenvalue weighted by molar-refractivity contribution is 6.31. The number of likely N-dealkylation sites (N-methyl/N-ethyl adjacent to an activating group) is 1. The fraction of sp³-hybridized carbons (Fsp3) is 0.381. The number of aromatic nitrogens is 2. The van der Waals surface area contributed by atoms with Gasteiger partial charge < -0.3 is 24.5 Å². The molecular weight excluding hydrogens is 406 g/mol. The number of hydrogen-bond donors (Lipinski definition) is 2. The maximum atomic E-state index is 12.7. The summed E-state index contributed by atoms with van der Waals surface area (Å²) in [4.78, 5) is 36.1. The van der Waals surface area contributed by atoms with E-state index in [-0.39, 0.29) is 23.7 Å². The summed E-state index contributed by atoms with van der Waals surface area (Å²) in [5.74, 6) is 0.0851. The molecule has 4 rings (SSSR count). The molecule has 0 spiro atoms. The number of urea groups is 1. The zero-order chi connectivity index (χ0) is 21.3. The Morgan fingerprint density at radius 1 is 1.40 bits per heavy atom. The van der Waals surface area contributed by atoms with Crippen molar-refractivity contribution < 1.29 is 14.0 Å². The summed E-state index contributed by atoms with van der Waals surface area (Å²) in [5, 5.41) is 4.62. The van der Waals surface area contributed by atoms with Crippen molar-refractivity contribution in [3.05, 3.63) is 52.8 Å². The molecule has 30 heavy (non-hydrogen) atoms. The van der Waals surface area contributed by atoms with E-state index in [0.29, 0.717) is 30.4 Å². The van der Waals surface area contributed by atoms with Gasteiger partial charge in [0.25, 0.3) is 5.91 Å². The summed E-state index contributed by atoms with van der Waals surface area (Å²) in [6, 6.07) is 7.36. The van der Waals surface area contributed by atoms with Gasteiger partial charge in [0, 0.05) is 41.8 Å². The van der Waals surface area contributed by atoms with Gasteiger partial charge in [0.15, 0.2) is 6.39 Å². The van der Waals surface area contributed by atoms with Crippen LogP contribution in [0.4, 0.5) is 4.79 Å². The standard InChI is InChI=1S/C21H24ClN5O3/c1-13-19(30-12-24-13)20(28)27-7-3-4-17(11-27)26(2)21(29)23-10-16-9-14-8-15(22)5-6-18(14)25-16/h5-6,8-9,12,17,25H,3-4,7,10-11H2,1-2H3,(H,23,29)/t17-/m1/s1. The number of halogens is 1. The van der Waals surface area contributed by atoms with Crippen LogP contribution in [0.1, 0.15) is 34.8 Å². The summed E-state index contributed by atoms with van der Waals surface area (Å²) in [7, 11) is 1.76. The number of aryl methyl sites for hydroxylation is 1. The summed E-state index contributed by atoms with van der Waals surface area (Å²) in [6.45, 7) is 3.23. The highest BCUT2D eigenvalue weighted by Gasteiger charge is 2.30. The Balaban J connectivity index is 1.35. The first-order valence-electron chi connectivity index (χ1n) is 9.89. The zero-order valence-corrected chi connectivity index (χ0v) is 17.7. The van der Waals surface area contributed by atoms with Crippen LogP contribution in [0.2, 0.25) is 5.02 Å². The number of carbonyl (C=O) groups excluding carboxylic acids is 2. The highest BCUT2D eigenvalue weighted by Crippen LogP contribution is 2.21. The van der Waals surface area contributed by atoms with Gasteiger partial charge in [-0.25, -0.2) is 9.78 Å². The number of rotatable bonds is 4. The lowest BCUT2D eigenvalue weighted by molar-refractivity contribution is 0.0605. The minimum atomic E-state index is -0.180. The largest absolute Gasteiger partial charge is 0.438 e. The summed E-state index contributed by atoms with van der Waals surface area (Å²) >= 11 is 6.03. The lowest BCUT2D eigenvalue weighted by atomic mass is 10.0. The van der Waals surface area contributed by atoms with Gasteiger partial charge in [0.05, 0.1) is 18.3 Å². The summed E-state index contributed by atoms with van der Waals surface area (Å²) in [6.07, 6.45) is 2.94. The van der Waals surface area contributed by atoms with E-state index in [2.05, 4.69) is 15.3 Å². The van der Waals surface area contributed by atoms with Crippen LogP contribution in [0.25, 0.3) is 10.9 Å². The Morgan fingerprint density at radius 3 is 3.00 bits per heavy atom. The number of benzene rings is 1. The minimum absolute atomic E-state index is 0.0625. The number of aromatic amines is 1. The SMILES string of the molecule is Cc1ncoc1C(=O)N1CCC[C@@H](N(C)C(=O)NCc2cc3cc(Cl)ccc3[nH]2)C1. The number of piperidine rings is 1. The van der Waals surface area contributed by atoms with Gasteiger partial charge in [0.1, 0.15) is 0 Å². The molecule has 3 amide bonds. The van der Waals surface area contributed by atoms with E-state index in [9.17, 15) is 9.59 Å². The van der Waals surface area contributed by atoms with Gasteiger partial charge in [-0.3, -0.25) is 4.79 Å². The molecule has 0 radical (unpaired) electrons. The van der Waals surface area contributed by atoms with Gasteiger partial charge in [0.2, 0.25) is 5.76 Å². The third-order valence-corrected chi connectivity index (χ3v) is 5.80. The van der Waals surface area contributed by atoms with Gasteiger partial charge in [-0.1, -0.05) is 11.6 Å². The first kappa shape index (κ1) is 20.3. The van der Waals surface area contributed by atoms with Crippen molar-refractivity contribution in [2.45, 2.75) is 32.4 Å². The molecule has 1 atom stereocenters. The van der Waals surface area contributed by atoms with Crippen molar-refractivity contribution in [3.63, 3.8) is 0 Å². The van der Waals surface area contributed by atoms with Gasteiger partial charge in [-0.05, 0) is 44.0 Å². The molecule has 0 saturated carbocycles. The number of H-pyrrole nitrogens is 1. The lowest BCUT2D eigenvalue weighted by Crippen LogP contribution is -2.52. The van der Waals surface area contributed by atoms with Gasteiger partial charge in [-0.2, -0.15) is 0 Å². The first-order chi connectivity index (χ1) is 14.4. The van der Waals surface area contributed by atoms with Crippen LogP contribution in [-0.4, -0.2) is 57.9 Å². The van der Waals surface area contributed by atoms with Crippen LogP contribution in [0.5, 0.6) is 0 Å². The smallest absolute Gasteiger partial charge is 0.317 e. The first-order valence-corrected chi connectivity index (χ1v) is 10.3. The van der Waals surface area contributed by atoms with Crippen molar-refractivity contribution in [2.24, 2.45) is 0 Å². The normalized spacial score (nSPS) is 16.6. The number of amides is 3. The van der Waals surface area contributed by atoms with E-state index in [4.69, 9.17) is 16.0 Å². The van der Waals surface area contributed by atoms with Crippen LogP contribution in [0.3, 0.4) is 0 Å². The number of nitrogens with zero attached hydrogens (tertiary/aromatic N) is 3. The molecule has 158 valence electrons. The topological polar surface area (TPSA) is 94.5 Å². The van der Waals surface area contributed by atoms with E-state index in [1.165, 1.54) is 6.39 Å². The molecular formula is C21H24ClN5O3. The fourth-order valence-corrected chi connectivity index (χ4v) is 4.01. The lowest BCUT2D eigenvalue weighted by Gasteiger charge is -2.37.